The van der Waals surface area contributed by atoms with Crippen molar-refractivity contribution in [3.63, 3.8) is 0 Å². The van der Waals surface area contributed by atoms with Crippen LogP contribution < -0.4 is 15.4 Å². The SMILES string of the molecule is CCCCOc1cccc(CCNCC(=O)NC)c1. The van der Waals surface area contributed by atoms with Crippen molar-refractivity contribution in [3.8, 4) is 5.75 Å². The molecule has 0 aliphatic heterocycles. The van der Waals surface area contributed by atoms with Crippen LogP contribution in [0.3, 0.4) is 0 Å². The van der Waals surface area contributed by atoms with Crippen molar-refractivity contribution in [2.75, 3.05) is 26.7 Å². The maximum Gasteiger partial charge on any atom is 0.233 e. The van der Waals surface area contributed by atoms with Crippen LogP contribution in [0.2, 0.25) is 0 Å². The Morgan fingerprint density at radius 3 is 2.95 bits per heavy atom. The second-order valence-electron chi connectivity index (χ2n) is 4.45. The summed E-state index contributed by atoms with van der Waals surface area (Å²) in [5, 5.41) is 5.68. The Bertz CT molecular complexity index is 380. The zero-order valence-corrected chi connectivity index (χ0v) is 11.9. The number of ether oxygens (including phenoxy) is 1. The molecule has 0 saturated heterocycles. The third-order valence-corrected chi connectivity index (χ3v) is 2.82. The highest BCUT2D eigenvalue weighted by atomic mass is 16.5. The first-order valence-electron chi connectivity index (χ1n) is 6.89. The van der Waals surface area contributed by atoms with E-state index in [9.17, 15) is 4.79 Å². The molecule has 4 nitrogen and oxygen atoms in total. The normalized spacial score (nSPS) is 10.2. The minimum Gasteiger partial charge on any atom is -0.494 e. The van der Waals surface area contributed by atoms with Crippen LogP contribution in [0.1, 0.15) is 25.3 Å². The monoisotopic (exact) mass is 264 g/mol. The van der Waals surface area contributed by atoms with Crippen LogP contribution in [0.4, 0.5) is 0 Å². The van der Waals surface area contributed by atoms with Crippen LogP contribution >= 0.6 is 0 Å². The summed E-state index contributed by atoms with van der Waals surface area (Å²) in [7, 11) is 1.64. The van der Waals surface area contributed by atoms with Crippen LogP contribution in [-0.4, -0.2) is 32.7 Å². The first-order chi connectivity index (χ1) is 9.26. The molecule has 0 fully saturated rings. The van der Waals surface area contributed by atoms with E-state index in [1.165, 1.54) is 5.56 Å². The lowest BCUT2D eigenvalue weighted by molar-refractivity contribution is -0.119. The summed E-state index contributed by atoms with van der Waals surface area (Å²) >= 11 is 0. The number of benzene rings is 1. The number of rotatable bonds is 9. The zero-order valence-electron chi connectivity index (χ0n) is 11.9. The summed E-state index contributed by atoms with van der Waals surface area (Å²) in [6.45, 7) is 4.07. The average molecular weight is 264 g/mol. The fourth-order valence-corrected chi connectivity index (χ4v) is 1.65. The van der Waals surface area contributed by atoms with Crippen LogP contribution in [-0.2, 0) is 11.2 Å². The van der Waals surface area contributed by atoms with Gasteiger partial charge < -0.3 is 15.4 Å². The number of amides is 1. The van der Waals surface area contributed by atoms with E-state index in [-0.39, 0.29) is 5.91 Å². The number of hydrogen-bond donors (Lipinski definition) is 2. The van der Waals surface area contributed by atoms with Gasteiger partial charge in [-0.3, -0.25) is 4.79 Å². The lowest BCUT2D eigenvalue weighted by atomic mass is 10.1. The summed E-state index contributed by atoms with van der Waals surface area (Å²) in [4.78, 5) is 11.0. The van der Waals surface area contributed by atoms with Gasteiger partial charge in [-0.2, -0.15) is 0 Å². The number of hydrogen-bond acceptors (Lipinski definition) is 3. The van der Waals surface area contributed by atoms with Gasteiger partial charge in [0.2, 0.25) is 5.91 Å². The predicted molar refractivity (Wildman–Crippen MR) is 77.5 cm³/mol. The molecule has 19 heavy (non-hydrogen) atoms. The molecule has 1 aromatic carbocycles. The third-order valence-electron chi connectivity index (χ3n) is 2.82. The highest BCUT2D eigenvalue weighted by Crippen LogP contribution is 2.14. The van der Waals surface area contributed by atoms with Gasteiger partial charge in [0.1, 0.15) is 5.75 Å². The molecule has 0 aliphatic rings. The molecule has 2 N–H and O–H groups in total. The van der Waals surface area contributed by atoms with E-state index in [2.05, 4.69) is 29.7 Å². The highest BCUT2D eigenvalue weighted by molar-refractivity contribution is 5.77. The molecule has 106 valence electrons. The van der Waals surface area contributed by atoms with Gasteiger partial charge in [-0.25, -0.2) is 0 Å². The van der Waals surface area contributed by atoms with Gasteiger partial charge in [0.25, 0.3) is 0 Å². The van der Waals surface area contributed by atoms with Crippen molar-refractivity contribution in [2.45, 2.75) is 26.2 Å². The van der Waals surface area contributed by atoms with E-state index in [1.807, 2.05) is 12.1 Å². The third kappa shape index (κ3) is 6.82. The van der Waals surface area contributed by atoms with Gasteiger partial charge in [-0.1, -0.05) is 25.5 Å². The van der Waals surface area contributed by atoms with Gasteiger partial charge in [0, 0.05) is 7.05 Å². The largest absolute Gasteiger partial charge is 0.494 e. The number of likely N-dealkylation sites (N-methyl/N-ethyl adjacent to an activating group) is 1. The zero-order chi connectivity index (χ0) is 13.9. The van der Waals surface area contributed by atoms with Crippen LogP contribution in [0, 0.1) is 0 Å². The quantitative estimate of drug-likeness (QED) is 0.668. The Kier molecular flexibility index (Phi) is 7.66. The molecular formula is C15H24N2O2. The van der Waals surface area contributed by atoms with Gasteiger partial charge in [-0.15, -0.1) is 0 Å². The Labute approximate surface area is 115 Å². The first kappa shape index (κ1) is 15.5. The second-order valence-corrected chi connectivity index (χ2v) is 4.45. The molecule has 0 saturated carbocycles. The van der Waals surface area contributed by atoms with Gasteiger partial charge in [-0.05, 0) is 37.1 Å². The van der Waals surface area contributed by atoms with Crippen LogP contribution in [0.25, 0.3) is 0 Å². The van der Waals surface area contributed by atoms with Crippen molar-refractivity contribution >= 4 is 5.91 Å². The van der Waals surface area contributed by atoms with E-state index >= 15 is 0 Å². The van der Waals surface area contributed by atoms with Crippen LogP contribution in [0.5, 0.6) is 5.75 Å². The highest BCUT2D eigenvalue weighted by Gasteiger charge is 1.99. The van der Waals surface area contributed by atoms with Crippen LogP contribution in [0.15, 0.2) is 24.3 Å². The number of nitrogens with one attached hydrogen (secondary N) is 2. The van der Waals surface area contributed by atoms with Crippen molar-refractivity contribution in [2.24, 2.45) is 0 Å². The smallest absolute Gasteiger partial charge is 0.233 e. The molecule has 0 unspecified atom stereocenters. The fourth-order valence-electron chi connectivity index (χ4n) is 1.65. The van der Waals surface area contributed by atoms with Gasteiger partial charge in [0.15, 0.2) is 0 Å². The predicted octanol–water partition coefficient (Wildman–Crippen LogP) is 1.74. The van der Waals surface area contributed by atoms with Crippen molar-refractivity contribution in [3.05, 3.63) is 29.8 Å². The number of unbranched alkanes of at least 4 members (excludes halogenated alkanes) is 1. The standard InChI is InChI=1S/C15H24N2O2/c1-3-4-10-19-14-7-5-6-13(11-14)8-9-17-12-15(18)16-2/h5-7,11,17H,3-4,8-10,12H2,1-2H3,(H,16,18). The lowest BCUT2D eigenvalue weighted by Gasteiger charge is -2.08. The Morgan fingerprint density at radius 2 is 2.21 bits per heavy atom. The molecule has 0 radical (unpaired) electrons. The minimum absolute atomic E-state index is 0.0108. The molecule has 0 spiro atoms. The maximum atomic E-state index is 11.0. The summed E-state index contributed by atoms with van der Waals surface area (Å²) in [5.41, 5.74) is 1.22. The molecular weight excluding hydrogens is 240 g/mol. The van der Waals surface area contributed by atoms with E-state index in [0.29, 0.717) is 6.54 Å². The Hall–Kier alpha value is -1.55. The van der Waals surface area contributed by atoms with Gasteiger partial charge >= 0.3 is 0 Å². The first-order valence-corrected chi connectivity index (χ1v) is 6.89. The van der Waals surface area contributed by atoms with E-state index in [4.69, 9.17) is 4.74 Å². The van der Waals surface area contributed by atoms with E-state index in [0.717, 1.165) is 38.2 Å². The van der Waals surface area contributed by atoms with Gasteiger partial charge in [0.05, 0.1) is 13.2 Å². The lowest BCUT2D eigenvalue weighted by Crippen LogP contribution is -2.32. The maximum absolute atomic E-state index is 11.0. The van der Waals surface area contributed by atoms with Crippen molar-refractivity contribution in [1.82, 2.24) is 10.6 Å². The minimum atomic E-state index is 0.0108. The number of carbonyl (C=O) groups is 1. The molecule has 1 amide bonds. The fraction of sp³-hybridized carbons (Fsp3) is 0.533. The van der Waals surface area contributed by atoms with Crippen molar-refractivity contribution < 1.29 is 9.53 Å². The second kappa shape index (κ2) is 9.39. The molecule has 0 aromatic heterocycles. The average Bonchev–Trinajstić information content (AvgIpc) is 2.44. The Balaban J connectivity index is 2.29. The summed E-state index contributed by atoms with van der Waals surface area (Å²) in [6, 6.07) is 8.14. The molecule has 1 aromatic rings. The topological polar surface area (TPSA) is 50.4 Å². The van der Waals surface area contributed by atoms with E-state index in [1.54, 1.807) is 7.05 Å². The molecule has 0 heterocycles. The summed E-state index contributed by atoms with van der Waals surface area (Å²) in [6.07, 6.45) is 3.11. The summed E-state index contributed by atoms with van der Waals surface area (Å²) in [5.74, 6) is 0.939. The molecule has 0 atom stereocenters. The Morgan fingerprint density at radius 1 is 1.37 bits per heavy atom. The molecule has 0 bridgehead atoms. The molecule has 0 aliphatic carbocycles. The van der Waals surface area contributed by atoms with Crippen molar-refractivity contribution in [1.29, 1.82) is 0 Å². The molecule has 1 rings (SSSR count). The molecule has 4 heteroatoms. The number of carbonyl (C=O) groups excluding carboxylic acids is 1. The summed E-state index contributed by atoms with van der Waals surface area (Å²) < 4.78 is 5.66. The van der Waals surface area contributed by atoms with E-state index < -0.39 is 0 Å².